The number of benzene rings is 1. The molecule has 0 bridgehead atoms. The summed E-state index contributed by atoms with van der Waals surface area (Å²) in [5.41, 5.74) is 0.114. The van der Waals surface area contributed by atoms with Gasteiger partial charge in [-0.1, -0.05) is 6.07 Å². The van der Waals surface area contributed by atoms with Gasteiger partial charge in [-0.25, -0.2) is 0 Å². The van der Waals surface area contributed by atoms with Crippen molar-refractivity contribution in [3.8, 4) is 0 Å². The maximum absolute atomic E-state index is 12.0. The number of nitrogens with one attached hydrogen (secondary N) is 2. The van der Waals surface area contributed by atoms with Crippen molar-refractivity contribution in [2.75, 3.05) is 25.5 Å². The lowest BCUT2D eigenvalue weighted by Crippen LogP contribution is -2.32. The predicted octanol–water partition coefficient (Wildman–Crippen LogP) is 1.79. The fourth-order valence-corrected chi connectivity index (χ4v) is 1.80. The second-order valence-electron chi connectivity index (χ2n) is 4.18. The van der Waals surface area contributed by atoms with Crippen LogP contribution in [0.15, 0.2) is 18.2 Å². The van der Waals surface area contributed by atoms with Crippen LogP contribution < -0.4 is 10.6 Å². The molecule has 0 heterocycles. The van der Waals surface area contributed by atoms with Crippen molar-refractivity contribution in [1.29, 1.82) is 0 Å². The highest BCUT2D eigenvalue weighted by atomic mass is 16.6. The van der Waals surface area contributed by atoms with E-state index in [1.807, 2.05) is 13.8 Å². The first-order valence-electron chi connectivity index (χ1n) is 6.36. The first kappa shape index (κ1) is 15.9. The zero-order chi connectivity index (χ0) is 15.1. The number of nitro benzene ring substituents is 1. The fourth-order valence-electron chi connectivity index (χ4n) is 1.80. The third-order valence-electron chi connectivity index (χ3n) is 2.73. The molecule has 0 saturated heterocycles. The first-order chi connectivity index (χ1) is 9.51. The van der Waals surface area contributed by atoms with Gasteiger partial charge >= 0.3 is 5.69 Å². The van der Waals surface area contributed by atoms with Gasteiger partial charge in [-0.15, -0.1) is 0 Å². The quantitative estimate of drug-likeness (QED) is 0.587. The molecule has 0 spiro atoms. The summed E-state index contributed by atoms with van der Waals surface area (Å²) < 4.78 is 5.29. The minimum absolute atomic E-state index is 0.0329. The molecule has 20 heavy (non-hydrogen) atoms. The molecule has 110 valence electrons. The topological polar surface area (TPSA) is 93.5 Å². The number of rotatable bonds is 7. The number of amides is 1. The van der Waals surface area contributed by atoms with Crippen molar-refractivity contribution in [2.45, 2.75) is 20.0 Å². The van der Waals surface area contributed by atoms with E-state index in [2.05, 4.69) is 10.6 Å². The number of nitrogens with zero attached hydrogens (tertiary/aromatic N) is 1. The SMILES string of the molecule is CCOC(C)CNC(=O)c1cccc(NC)c1[N+](=O)[O-]. The lowest BCUT2D eigenvalue weighted by Gasteiger charge is -2.13. The Morgan fingerprint density at radius 1 is 1.50 bits per heavy atom. The standard InChI is InChI=1S/C13H19N3O4/c1-4-20-9(2)8-15-13(17)10-6-5-7-11(14-3)12(10)16(18)19/h5-7,9,14H,4,8H2,1-3H3,(H,15,17). The lowest BCUT2D eigenvalue weighted by atomic mass is 10.1. The van der Waals surface area contributed by atoms with Crippen molar-refractivity contribution in [3.63, 3.8) is 0 Å². The Labute approximate surface area is 117 Å². The molecule has 7 heteroatoms. The van der Waals surface area contributed by atoms with Crippen LogP contribution in [0.5, 0.6) is 0 Å². The van der Waals surface area contributed by atoms with Crippen molar-refractivity contribution < 1.29 is 14.5 Å². The Bertz CT molecular complexity index is 491. The minimum Gasteiger partial charge on any atom is -0.383 e. The molecule has 0 aliphatic carbocycles. The zero-order valence-electron chi connectivity index (χ0n) is 11.8. The van der Waals surface area contributed by atoms with E-state index in [1.165, 1.54) is 6.07 Å². The van der Waals surface area contributed by atoms with Crippen LogP contribution in [0.1, 0.15) is 24.2 Å². The molecule has 7 nitrogen and oxygen atoms in total. The summed E-state index contributed by atoms with van der Waals surface area (Å²) in [7, 11) is 1.57. The number of para-hydroxylation sites is 1. The van der Waals surface area contributed by atoms with Gasteiger partial charge in [-0.3, -0.25) is 14.9 Å². The molecule has 0 aliphatic rings. The maximum Gasteiger partial charge on any atom is 0.305 e. The van der Waals surface area contributed by atoms with Crippen LogP contribution in [0.3, 0.4) is 0 Å². The van der Waals surface area contributed by atoms with Crippen LogP contribution in [0.25, 0.3) is 0 Å². The molecule has 1 aromatic rings. The summed E-state index contributed by atoms with van der Waals surface area (Å²) in [6.45, 7) is 4.53. The molecule has 0 aliphatic heterocycles. The number of carbonyl (C=O) groups excluding carboxylic acids is 1. The number of ether oxygens (including phenoxy) is 1. The molecule has 0 radical (unpaired) electrons. The first-order valence-corrected chi connectivity index (χ1v) is 6.36. The number of nitro groups is 1. The summed E-state index contributed by atoms with van der Waals surface area (Å²) in [6.07, 6.45) is -0.143. The lowest BCUT2D eigenvalue weighted by molar-refractivity contribution is -0.384. The molecule has 1 rings (SSSR count). The average Bonchev–Trinajstić information content (AvgIpc) is 2.43. The van der Waals surface area contributed by atoms with E-state index < -0.39 is 10.8 Å². The van der Waals surface area contributed by atoms with Crippen molar-refractivity contribution in [2.24, 2.45) is 0 Å². The van der Waals surface area contributed by atoms with Gasteiger partial charge in [0, 0.05) is 20.2 Å². The Kier molecular flexibility index (Phi) is 5.92. The molecule has 0 fully saturated rings. The Balaban J connectivity index is 2.90. The number of hydrogen-bond acceptors (Lipinski definition) is 5. The molecule has 1 unspecified atom stereocenters. The predicted molar refractivity (Wildman–Crippen MR) is 76.1 cm³/mol. The van der Waals surface area contributed by atoms with E-state index >= 15 is 0 Å². The number of carbonyl (C=O) groups is 1. The molecular formula is C13H19N3O4. The third-order valence-corrected chi connectivity index (χ3v) is 2.73. The van der Waals surface area contributed by atoms with Gasteiger partial charge < -0.3 is 15.4 Å². The van der Waals surface area contributed by atoms with Crippen LogP contribution >= 0.6 is 0 Å². The fraction of sp³-hybridized carbons (Fsp3) is 0.462. The largest absolute Gasteiger partial charge is 0.383 e. The van der Waals surface area contributed by atoms with Gasteiger partial charge in [0.05, 0.1) is 11.0 Å². The van der Waals surface area contributed by atoms with Crippen molar-refractivity contribution >= 4 is 17.3 Å². The Morgan fingerprint density at radius 3 is 2.75 bits per heavy atom. The van der Waals surface area contributed by atoms with E-state index in [9.17, 15) is 14.9 Å². The third kappa shape index (κ3) is 3.92. The minimum atomic E-state index is -0.563. The summed E-state index contributed by atoms with van der Waals surface area (Å²) in [5, 5.41) is 16.5. The molecule has 1 amide bonds. The summed E-state index contributed by atoms with van der Waals surface area (Å²) in [6, 6.07) is 4.58. The van der Waals surface area contributed by atoms with Crippen LogP contribution in [0.2, 0.25) is 0 Å². The number of anilines is 1. The van der Waals surface area contributed by atoms with Crippen molar-refractivity contribution in [3.05, 3.63) is 33.9 Å². The second kappa shape index (κ2) is 7.44. The molecule has 0 saturated carbocycles. The molecule has 2 N–H and O–H groups in total. The van der Waals surface area contributed by atoms with Gasteiger partial charge in [0.15, 0.2) is 0 Å². The molecular weight excluding hydrogens is 262 g/mol. The average molecular weight is 281 g/mol. The second-order valence-corrected chi connectivity index (χ2v) is 4.18. The Morgan fingerprint density at radius 2 is 2.20 bits per heavy atom. The van der Waals surface area contributed by atoms with Crippen LogP contribution in [-0.4, -0.2) is 37.1 Å². The highest BCUT2D eigenvalue weighted by Crippen LogP contribution is 2.28. The van der Waals surface area contributed by atoms with Gasteiger partial charge in [0.1, 0.15) is 11.3 Å². The van der Waals surface area contributed by atoms with E-state index in [0.29, 0.717) is 18.8 Å². The summed E-state index contributed by atoms with van der Waals surface area (Å²) in [5.74, 6) is -0.486. The van der Waals surface area contributed by atoms with E-state index in [1.54, 1.807) is 19.2 Å². The Hall–Kier alpha value is -2.15. The van der Waals surface area contributed by atoms with Gasteiger partial charge in [0.25, 0.3) is 5.91 Å². The van der Waals surface area contributed by atoms with E-state index in [4.69, 9.17) is 4.74 Å². The summed E-state index contributed by atoms with van der Waals surface area (Å²) in [4.78, 5) is 22.6. The molecule has 1 aromatic carbocycles. The van der Waals surface area contributed by atoms with E-state index in [0.717, 1.165) is 0 Å². The van der Waals surface area contributed by atoms with Crippen LogP contribution in [0.4, 0.5) is 11.4 Å². The highest BCUT2D eigenvalue weighted by molar-refractivity contribution is 6.00. The van der Waals surface area contributed by atoms with Gasteiger partial charge in [0.2, 0.25) is 0 Å². The monoisotopic (exact) mass is 281 g/mol. The normalized spacial score (nSPS) is 11.8. The van der Waals surface area contributed by atoms with E-state index in [-0.39, 0.29) is 17.4 Å². The molecule has 1 atom stereocenters. The zero-order valence-corrected chi connectivity index (χ0v) is 11.8. The summed E-state index contributed by atoms with van der Waals surface area (Å²) >= 11 is 0. The maximum atomic E-state index is 12.0. The smallest absolute Gasteiger partial charge is 0.305 e. The van der Waals surface area contributed by atoms with Crippen LogP contribution in [-0.2, 0) is 4.74 Å². The van der Waals surface area contributed by atoms with Gasteiger partial charge in [-0.05, 0) is 26.0 Å². The van der Waals surface area contributed by atoms with Gasteiger partial charge in [-0.2, -0.15) is 0 Å². The highest BCUT2D eigenvalue weighted by Gasteiger charge is 2.23. The number of hydrogen-bond donors (Lipinski definition) is 2. The molecule has 0 aromatic heterocycles. The van der Waals surface area contributed by atoms with Crippen molar-refractivity contribution in [1.82, 2.24) is 5.32 Å². The van der Waals surface area contributed by atoms with Crippen LogP contribution in [0, 0.1) is 10.1 Å².